The number of aromatic nitrogens is 1. The molecule has 1 saturated heterocycles. The minimum atomic E-state index is -0.953. The fourth-order valence-electron chi connectivity index (χ4n) is 6.66. The van der Waals surface area contributed by atoms with Gasteiger partial charge in [-0.2, -0.15) is 0 Å². The lowest BCUT2D eigenvalue weighted by Gasteiger charge is -2.35. The van der Waals surface area contributed by atoms with Gasteiger partial charge >= 0.3 is 0 Å². The Morgan fingerprint density at radius 1 is 0.950 bits per heavy atom. The molecule has 16 heteroatoms. The number of nitrogens with two attached hydrogens (primary N) is 2. The molecule has 1 aromatic heterocycles. The number of nitrogens with zero attached hydrogens (tertiary/aromatic N) is 2. The van der Waals surface area contributed by atoms with E-state index in [1.54, 1.807) is 11.3 Å². The van der Waals surface area contributed by atoms with E-state index in [1.807, 2.05) is 76.5 Å². The summed E-state index contributed by atoms with van der Waals surface area (Å²) in [5.41, 5.74) is 17.6. The van der Waals surface area contributed by atoms with Crippen LogP contribution < -0.4 is 22.1 Å². The lowest BCUT2D eigenvalue weighted by Crippen LogP contribution is -2.58. The van der Waals surface area contributed by atoms with Crippen LogP contribution in [-0.2, 0) is 57.7 Å². The van der Waals surface area contributed by atoms with Gasteiger partial charge in [0.1, 0.15) is 18.7 Å². The molecule has 7 N–H and O–H groups in total. The van der Waals surface area contributed by atoms with Crippen LogP contribution in [0.2, 0.25) is 0 Å². The van der Waals surface area contributed by atoms with Gasteiger partial charge in [0, 0.05) is 38.6 Å². The van der Waals surface area contributed by atoms with Crippen molar-refractivity contribution in [2.24, 2.45) is 16.9 Å². The molecule has 0 bridgehead atoms. The number of carbonyl (C=O) groups is 4. The number of carbonyl (C=O) groups excluding carboxylic acids is 4. The zero-order valence-corrected chi connectivity index (χ0v) is 36.5. The van der Waals surface area contributed by atoms with Crippen molar-refractivity contribution in [1.82, 2.24) is 20.5 Å². The summed E-state index contributed by atoms with van der Waals surface area (Å²) in [4.78, 5) is 57.9. The molecule has 5 atom stereocenters. The maximum atomic E-state index is 13.9. The Balaban J connectivity index is 1.08. The second kappa shape index (κ2) is 24.2. The van der Waals surface area contributed by atoms with Gasteiger partial charge in [-0.05, 0) is 60.8 Å². The third kappa shape index (κ3) is 16.0. The summed E-state index contributed by atoms with van der Waals surface area (Å²) in [5, 5.41) is 16.2. The van der Waals surface area contributed by atoms with Crippen molar-refractivity contribution in [3.63, 3.8) is 0 Å². The van der Waals surface area contributed by atoms with Crippen molar-refractivity contribution < 1.29 is 43.2 Å². The molecule has 0 unspecified atom stereocenters. The number of hydrogen-bond acceptors (Lipinski definition) is 12. The van der Waals surface area contributed by atoms with E-state index in [4.69, 9.17) is 30.4 Å². The molecule has 0 saturated carbocycles. The number of amides is 4. The van der Waals surface area contributed by atoms with E-state index in [9.17, 15) is 24.3 Å². The molecule has 1 aliphatic rings. The third-order valence-electron chi connectivity index (χ3n) is 10.3. The van der Waals surface area contributed by atoms with Gasteiger partial charge in [0.15, 0.2) is 0 Å². The topological polar surface area (TPSA) is 218 Å². The van der Waals surface area contributed by atoms with Gasteiger partial charge in [0.05, 0.1) is 61.3 Å². The van der Waals surface area contributed by atoms with Crippen LogP contribution >= 0.6 is 11.3 Å². The van der Waals surface area contributed by atoms with E-state index in [-0.39, 0.29) is 69.7 Å². The van der Waals surface area contributed by atoms with Crippen molar-refractivity contribution in [3.8, 4) is 10.4 Å². The summed E-state index contributed by atoms with van der Waals surface area (Å²) in [7, 11) is 0. The van der Waals surface area contributed by atoms with E-state index in [0.29, 0.717) is 32.8 Å². The quantitative estimate of drug-likeness (QED) is 0.0779. The SMILES string of the molecule is Cc1ncsc1-c1ccc(CNC(=O)[C@@H]2C[C@@H](O)CN2C(=O)[C@@H](NC(=O)COCCOCCOCCCc2ccc(CO[C@H](C)[C@@H](N)CCC(N)=O)cc2)C(C)(C)C)cc1. The summed E-state index contributed by atoms with van der Waals surface area (Å²) in [5.74, 6) is -1.64. The first-order chi connectivity index (χ1) is 28.6. The number of thiazole rings is 1. The number of β-amino-alcohol motifs (C(OH)–C–C–N with tert-alkyl or cyclic N) is 1. The van der Waals surface area contributed by atoms with Gasteiger partial charge in [-0.1, -0.05) is 69.3 Å². The number of nitrogens with one attached hydrogen (secondary N) is 2. The van der Waals surface area contributed by atoms with Gasteiger partial charge < -0.3 is 51.1 Å². The summed E-state index contributed by atoms with van der Waals surface area (Å²) in [6.45, 7) is 11.6. The maximum Gasteiger partial charge on any atom is 0.246 e. The Labute approximate surface area is 357 Å². The summed E-state index contributed by atoms with van der Waals surface area (Å²) in [6.07, 6.45) is 1.52. The van der Waals surface area contributed by atoms with E-state index in [1.165, 1.54) is 10.5 Å². The van der Waals surface area contributed by atoms with Crippen LogP contribution in [0.15, 0.2) is 54.0 Å². The minimum Gasteiger partial charge on any atom is -0.391 e. The number of aliphatic hydroxyl groups is 1. The van der Waals surface area contributed by atoms with Crippen molar-refractivity contribution in [1.29, 1.82) is 0 Å². The summed E-state index contributed by atoms with van der Waals surface area (Å²) in [6, 6.07) is 14.0. The molecule has 0 spiro atoms. The standard InChI is InChI=1S/C44H64N6O9S/c1-29-40(60-28-48-29)34-14-12-32(13-15-34)24-47-42(54)37-23-35(51)25-50(37)43(55)41(44(3,4)5)49-39(53)27-58-22-21-57-20-19-56-18-6-7-31-8-10-33(11-9-31)26-59-30(2)36(45)16-17-38(46)52/h8-15,28,30,35-37,41,51H,6-7,16-27,45H2,1-5H3,(H2,46,52)(H,47,54)(H,49,53)/t30-,35-,36+,37+,41-/m1/s1. The van der Waals surface area contributed by atoms with Crippen LogP contribution in [0.5, 0.6) is 0 Å². The fraction of sp³-hybridized carbons (Fsp3) is 0.568. The molecule has 2 heterocycles. The number of aliphatic hydroxyl groups excluding tert-OH is 1. The highest BCUT2D eigenvalue weighted by Crippen LogP contribution is 2.28. The molecule has 15 nitrogen and oxygen atoms in total. The Bertz CT molecular complexity index is 1800. The first-order valence-electron chi connectivity index (χ1n) is 20.6. The Hall–Kier alpha value is -4.29. The lowest BCUT2D eigenvalue weighted by atomic mass is 9.85. The smallest absolute Gasteiger partial charge is 0.246 e. The number of hydrogen-bond donors (Lipinski definition) is 5. The molecule has 3 aromatic rings. The molecular weight excluding hydrogens is 789 g/mol. The van der Waals surface area contributed by atoms with Crippen molar-refractivity contribution in [2.75, 3.05) is 46.2 Å². The fourth-order valence-corrected chi connectivity index (χ4v) is 7.47. The highest BCUT2D eigenvalue weighted by Gasteiger charge is 2.44. The van der Waals surface area contributed by atoms with E-state index in [2.05, 4.69) is 27.8 Å². The van der Waals surface area contributed by atoms with Crippen molar-refractivity contribution in [3.05, 3.63) is 76.4 Å². The highest BCUT2D eigenvalue weighted by atomic mass is 32.1. The second-order valence-corrected chi connectivity index (χ2v) is 17.2. The number of benzene rings is 2. The molecule has 4 amide bonds. The van der Waals surface area contributed by atoms with Crippen LogP contribution in [0.3, 0.4) is 0 Å². The van der Waals surface area contributed by atoms with Crippen LogP contribution in [0, 0.1) is 12.3 Å². The van der Waals surface area contributed by atoms with Crippen LogP contribution in [0.1, 0.15) is 75.8 Å². The number of primary amides is 1. The molecular formula is C44H64N6O9S. The van der Waals surface area contributed by atoms with Gasteiger partial charge in [-0.15, -0.1) is 11.3 Å². The Kier molecular flexibility index (Phi) is 19.5. The van der Waals surface area contributed by atoms with Crippen LogP contribution in [0.25, 0.3) is 10.4 Å². The van der Waals surface area contributed by atoms with Gasteiger partial charge in [-0.25, -0.2) is 4.98 Å². The average Bonchev–Trinajstić information content (AvgIpc) is 3.84. The normalized spacial score (nSPS) is 16.9. The molecule has 60 heavy (non-hydrogen) atoms. The van der Waals surface area contributed by atoms with Gasteiger partial charge in [0.25, 0.3) is 0 Å². The summed E-state index contributed by atoms with van der Waals surface area (Å²) < 4.78 is 22.7. The average molecular weight is 853 g/mol. The molecule has 1 aliphatic heterocycles. The number of rotatable bonds is 25. The van der Waals surface area contributed by atoms with Crippen molar-refractivity contribution in [2.45, 2.75) is 110 Å². The predicted molar refractivity (Wildman–Crippen MR) is 230 cm³/mol. The number of likely N-dealkylation sites (tertiary alicyclic amines) is 1. The van der Waals surface area contributed by atoms with Crippen LogP contribution in [0.4, 0.5) is 0 Å². The van der Waals surface area contributed by atoms with E-state index < -0.39 is 35.4 Å². The second-order valence-electron chi connectivity index (χ2n) is 16.3. The molecule has 4 rings (SSSR count). The zero-order chi connectivity index (χ0) is 43.7. The zero-order valence-electron chi connectivity index (χ0n) is 35.7. The van der Waals surface area contributed by atoms with E-state index in [0.717, 1.165) is 40.1 Å². The third-order valence-corrected chi connectivity index (χ3v) is 11.3. The molecule has 1 fully saturated rings. The van der Waals surface area contributed by atoms with Crippen molar-refractivity contribution >= 4 is 35.0 Å². The summed E-state index contributed by atoms with van der Waals surface area (Å²) >= 11 is 1.57. The molecule has 330 valence electrons. The first kappa shape index (κ1) is 48.4. The maximum absolute atomic E-state index is 13.9. The molecule has 0 aliphatic carbocycles. The minimum absolute atomic E-state index is 0.00990. The predicted octanol–water partition coefficient (Wildman–Crippen LogP) is 3.41. The Morgan fingerprint density at radius 3 is 2.22 bits per heavy atom. The number of aryl methyl sites for hydroxylation is 2. The van der Waals surface area contributed by atoms with E-state index >= 15 is 0 Å². The molecule has 2 aromatic carbocycles. The Morgan fingerprint density at radius 2 is 1.58 bits per heavy atom. The number of ether oxygens (including phenoxy) is 4. The largest absolute Gasteiger partial charge is 0.391 e. The van der Waals surface area contributed by atoms with Gasteiger partial charge in [0.2, 0.25) is 23.6 Å². The molecule has 0 radical (unpaired) electrons. The highest BCUT2D eigenvalue weighted by molar-refractivity contribution is 7.13. The monoisotopic (exact) mass is 852 g/mol. The lowest BCUT2D eigenvalue weighted by molar-refractivity contribution is -0.144. The first-order valence-corrected chi connectivity index (χ1v) is 21.5. The van der Waals surface area contributed by atoms with Crippen LogP contribution in [-0.4, -0.2) is 115 Å². The van der Waals surface area contributed by atoms with Gasteiger partial charge in [-0.3, -0.25) is 19.2 Å².